The van der Waals surface area contributed by atoms with Gasteiger partial charge in [0.1, 0.15) is 23.8 Å². The maximum absolute atomic E-state index is 13.6. The molecule has 1 aromatic carbocycles. The van der Waals surface area contributed by atoms with Crippen LogP contribution >= 0.6 is 11.6 Å². The van der Waals surface area contributed by atoms with Crippen LogP contribution in [-0.4, -0.2) is 77.5 Å². The summed E-state index contributed by atoms with van der Waals surface area (Å²) in [6, 6.07) is 4.26. The number of benzene rings is 1. The van der Waals surface area contributed by atoms with Crippen molar-refractivity contribution < 1.29 is 18.7 Å². The second-order valence-corrected chi connectivity index (χ2v) is 10.5. The lowest BCUT2D eigenvalue weighted by Gasteiger charge is -2.32. The first-order valence-electron chi connectivity index (χ1n) is 13.1. The van der Waals surface area contributed by atoms with E-state index in [1.807, 2.05) is 17.9 Å². The molecule has 1 aromatic heterocycles. The normalized spacial score (nSPS) is 24.1. The number of aromatic nitrogens is 2. The Kier molecular flexibility index (Phi) is 6.96. The van der Waals surface area contributed by atoms with Gasteiger partial charge in [-0.2, -0.15) is 0 Å². The molecule has 39 heavy (non-hydrogen) atoms. The number of fused-ring (bicyclic) bond motifs is 1. The third kappa shape index (κ3) is 4.97. The van der Waals surface area contributed by atoms with E-state index in [0.29, 0.717) is 36.0 Å². The van der Waals surface area contributed by atoms with Crippen molar-refractivity contribution >= 4 is 40.7 Å². The molecule has 1 fully saturated rings. The summed E-state index contributed by atoms with van der Waals surface area (Å²) >= 11 is 5.94. The van der Waals surface area contributed by atoms with Crippen LogP contribution in [0.2, 0.25) is 5.02 Å². The second kappa shape index (κ2) is 10.6. The predicted octanol–water partition coefficient (Wildman–Crippen LogP) is 2.99. The van der Waals surface area contributed by atoms with Crippen LogP contribution in [0, 0.1) is 11.7 Å². The maximum atomic E-state index is 13.6. The quantitative estimate of drug-likeness (QED) is 0.501. The molecule has 12 heteroatoms. The summed E-state index contributed by atoms with van der Waals surface area (Å²) in [5, 5.41) is 9.36. The van der Waals surface area contributed by atoms with Gasteiger partial charge >= 0.3 is 0 Å². The lowest BCUT2D eigenvalue weighted by atomic mass is 9.92. The van der Waals surface area contributed by atoms with E-state index in [4.69, 9.17) is 16.3 Å². The summed E-state index contributed by atoms with van der Waals surface area (Å²) in [6.45, 7) is 7.40. The maximum Gasteiger partial charge on any atom is 0.252 e. The van der Waals surface area contributed by atoms with Crippen molar-refractivity contribution in [2.24, 2.45) is 5.92 Å². The summed E-state index contributed by atoms with van der Waals surface area (Å²) in [5.41, 5.74) is 3.59. The number of anilines is 3. The third-order valence-electron chi connectivity index (χ3n) is 7.71. The van der Waals surface area contributed by atoms with Crippen molar-refractivity contribution in [3.05, 3.63) is 64.0 Å². The molecule has 2 unspecified atom stereocenters. The molecule has 6 rings (SSSR count). The van der Waals surface area contributed by atoms with Gasteiger partial charge in [-0.25, -0.2) is 14.4 Å². The Balaban J connectivity index is 1.21. The molecule has 0 saturated carbocycles. The molecule has 4 aliphatic heterocycles. The number of hydrogen-bond acceptors (Lipinski definition) is 8. The molecule has 2 aromatic rings. The van der Waals surface area contributed by atoms with Gasteiger partial charge in [0, 0.05) is 67.7 Å². The van der Waals surface area contributed by atoms with Crippen LogP contribution in [0.15, 0.2) is 47.6 Å². The lowest BCUT2D eigenvalue weighted by molar-refractivity contribution is -0.128. The summed E-state index contributed by atoms with van der Waals surface area (Å²) < 4.78 is 19.1. The zero-order valence-corrected chi connectivity index (χ0v) is 22.2. The number of allylic oxidation sites excluding steroid dienone is 1. The molecule has 3 N–H and O–H groups in total. The minimum atomic E-state index is -0.682. The first-order chi connectivity index (χ1) is 18.9. The van der Waals surface area contributed by atoms with Gasteiger partial charge in [-0.1, -0.05) is 18.5 Å². The van der Waals surface area contributed by atoms with Crippen LogP contribution < -0.4 is 16.0 Å². The number of nitrogens with one attached hydrogen (secondary N) is 3. The monoisotopic (exact) mass is 553 g/mol. The van der Waals surface area contributed by atoms with E-state index < -0.39 is 11.7 Å². The number of nitrogens with zero attached hydrogens (tertiary/aromatic N) is 4. The Morgan fingerprint density at radius 3 is 2.79 bits per heavy atom. The van der Waals surface area contributed by atoms with Crippen molar-refractivity contribution in [1.82, 2.24) is 25.1 Å². The molecule has 204 valence electrons. The number of halogens is 2. The highest BCUT2D eigenvalue weighted by atomic mass is 35.5. The minimum Gasteiger partial charge on any atom is -0.379 e. The summed E-state index contributed by atoms with van der Waals surface area (Å²) in [6.07, 6.45) is 3.94. The number of ether oxygens (including phenoxy) is 1. The molecule has 0 radical (unpaired) electrons. The van der Waals surface area contributed by atoms with E-state index in [0.717, 1.165) is 56.2 Å². The van der Waals surface area contributed by atoms with E-state index >= 15 is 0 Å². The average Bonchev–Trinajstić information content (AvgIpc) is 3.43. The van der Waals surface area contributed by atoms with Crippen LogP contribution in [0.1, 0.15) is 24.8 Å². The molecule has 2 atom stereocenters. The highest BCUT2D eigenvalue weighted by molar-refractivity contribution is 6.31. The Morgan fingerprint density at radius 2 is 2.00 bits per heavy atom. The Hall–Kier alpha value is -3.54. The summed E-state index contributed by atoms with van der Waals surface area (Å²) in [7, 11) is 0. The number of rotatable bonds is 6. The van der Waals surface area contributed by atoms with Gasteiger partial charge in [0.2, 0.25) is 5.91 Å². The van der Waals surface area contributed by atoms with Gasteiger partial charge in [0.25, 0.3) is 5.91 Å². The van der Waals surface area contributed by atoms with Crippen LogP contribution in [-0.2, 0) is 14.3 Å². The molecule has 0 bridgehead atoms. The van der Waals surface area contributed by atoms with E-state index in [1.165, 1.54) is 18.5 Å². The zero-order valence-electron chi connectivity index (χ0n) is 21.5. The van der Waals surface area contributed by atoms with E-state index in [1.54, 1.807) is 6.07 Å². The SMILES string of the molecule is CC1C(=CC2C(=O)Nc3ncnc(Nc4ccc(F)c(Cl)c4)c32)NC2=C1C(=O)N(CCN1CCOCC1)CC2. The molecule has 5 heterocycles. The van der Waals surface area contributed by atoms with Crippen molar-refractivity contribution in [1.29, 1.82) is 0 Å². The second-order valence-electron chi connectivity index (χ2n) is 10.1. The number of hydrogen-bond donors (Lipinski definition) is 3. The number of carbonyl (C=O) groups excluding carboxylic acids is 2. The summed E-state index contributed by atoms with van der Waals surface area (Å²) in [5.74, 6) is -0.774. The van der Waals surface area contributed by atoms with Gasteiger partial charge < -0.3 is 25.6 Å². The van der Waals surface area contributed by atoms with Gasteiger partial charge in [0.15, 0.2) is 0 Å². The number of amides is 2. The molecular formula is C27H29ClFN7O3. The van der Waals surface area contributed by atoms with Crippen molar-refractivity contribution in [3.8, 4) is 0 Å². The fourth-order valence-electron chi connectivity index (χ4n) is 5.55. The van der Waals surface area contributed by atoms with Crippen molar-refractivity contribution in [3.63, 3.8) is 0 Å². The fourth-order valence-corrected chi connectivity index (χ4v) is 5.73. The molecule has 10 nitrogen and oxygen atoms in total. The molecule has 4 aliphatic rings. The first-order valence-corrected chi connectivity index (χ1v) is 13.5. The summed E-state index contributed by atoms with van der Waals surface area (Å²) in [4.78, 5) is 39.3. The minimum absolute atomic E-state index is 0.0251. The largest absolute Gasteiger partial charge is 0.379 e. The Labute approximate surface area is 230 Å². The predicted molar refractivity (Wildman–Crippen MR) is 144 cm³/mol. The average molecular weight is 554 g/mol. The third-order valence-corrected chi connectivity index (χ3v) is 8.00. The van der Waals surface area contributed by atoms with Gasteiger partial charge in [-0.05, 0) is 24.3 Å². The van der Waals surface area contributed by atoms with Crippen LogP contribution in [0.4, 0.5) is 21.7 Å². The van der Waals surface area contributed by atoms with Gasteiger partial charge in [0.05, 0.1) is 29.7 Å². The topological polar surface area (TPSA) is 112 Å². The first kappa shape index (κ1) is 25.7. The van der Waals surface area contributed by atoms with Crippen LogP contribution in [0.25, 0.3) is 0 Å². The number of morpholine rings is 1. The van der Waals surface area contributed by atoms with Crippen LogP contribution in [0.3, 0.4) is 0 Å². The van der Waals surface area contributed by atoms with Crippen molar-refractivity contribution in [2.75, 3.05) is 56.6 Å². The van der Waals surface area contributed by atoms with Gasteiger partial charge in [-0.3, -0.25) is 14.5 Å². The smallest absolute Gasteiger partial charge is 0.252 e. The van der Waals surface area contributed by atoms with Gasteiger partial charge in [-0.15, -0.1) is 0 Å². The molecule has 0 spiro atoms. The number of carbonyl (C=O) groups is 2. The lowest BCUT2D eigenvalue weighted by Crippen LogP contribution is -2.45. The molecule has 0 aliphatic carbocycles. The standard InChI is InChI=1S/C27H29ClFN7O3/c1-15-21(33-20-4-5-36(27(38)22(15)20)7-6-35-8-10-39-11-9-35)13-17-23-24(30-14-31-25(23)34-26(17)37)32-16-2-3-19(29)18(28)12-16/h2-3,12-15,17,33H,4-11H2,1H3,(H2,30,31,32,34,37). The highest BCUT2D eigenvalue weighted by Crippen LogP contribution is 2.41. The molecule has 1 saturated heterocycles. The van der Waals surface area contributed by atoms with E-state index in [2.05, 4.69) is 30.8 Å². The fraction of sp³-hybridized carbons (Fsp3) is 0.407. The van der Waals surface area contributed by atoms with E-state index in [9.17, 15) is 14.0 Å². The highest BCUT2D eigenvalue weighted by Gasteiger charge is 2.40. The zero-order chi connectivity index (χ0) is 27.1. The van der Waals surface area contributed by atoms with E-state index in [-0.39, 0.29) is 22.8 Å². The van der Waals surface area contributed by atoms with Crippen LogP contribution in [0.5, 0.6) is 0 Å². The molecular weight excluding hydrogens is 525 g/mol. The Bertz CT molecular complexity index is 1390. The van der Waals surface area contributed by atoms with Crippen molar-refractivity contribution in [2.45, 2.75) is 19.3 Å². The molecule has 2 amide bonds. The Morgan fingerprint density at radius 1 is 1.18 bits per heavy atom.